The smallest absolute Gasteiger partial charge is 0.309 e. The predicted octanol–water partition coefficient (Wildman–Crippen LogP) is 9.92. The molecule has 44 heavy (non-hydrogen) atoms. The Morgan fingerprint density at radius 3 is 1.41 bits per heavy atom. The van der Waals surface area contributed by atoms with E-state index < -0.39 is 22.8 Å². The van der Waals surface area contributed by atoms with E-state index in [9.17, 15) is 19.8 Å². The van der Waals surface area contributed by atoms with Gasteiger partial charge in [-0.15, -0.1) is 0 Å². The first-order valence-electron chi connectivity index (χ1n) is 17.9. The van der Waals surface area contributed by atoms with Gasteiger partial charge in [-0.25, -0.2) is 0 Å². The molecule has 2 N–H and O–H groups in total. The molecule has 0 aliphatic heterocycles. The van der Waals surface area contributed by atoms with Crippen molar-refractivity contribution in [2.24, 2.45) is 56.2 Å². The molecule has 0 saturated heterocycles. The first-order valence-corrected chi connectivity index (χ1v) is 17.9. The van der Waals surface area contributed by atoms with Crippen molar-refractivity contribution in [2.75, 3.05) is 0 Å². The molecule has 0 aromatic carbocycles. The van der Waals surface area contributed by atoms with E-state index >= 15 is 0 Å². The van der Waals surface area contributed by atoms with Crippen LogP contribution in [0.4, 0.5) is 0 Å². The lowest BCUT2D eigenvalue weighted by Crippen LogP contribution is -2.54. The summed E-state index contributed by atoms with van der Waals surface area (Å²) in [6.07, 6.45) is 22.8. The third-order valence-electron chi connectivity index (χ3n) is 15.8. The zero-order chi connectivity index (χ0) is 31.5. The van der Waals surface area contributed by atoms with Gasteiger partial charge in [0.25, 0.3) is 0 Å². The summed E-state index contributed by atoms with van der Waals surface area (Å²) >= 11 is 0. The van der Waals surface area contributed by atoms with E-state index in [-0.39, 0.29) is 10.8 Å². The van der Waals surface area contributed by atoms with E-state index in [1.54, 1.807) is 11.1 Å². The molecular weight excluding hydrogens is 544 g/mol. The summed E-state index contributed by atoms with van der Waals surface area (Å²) in [7, 11) is 0. The Balaban J connectivity index is 0.000000142. The van der Waals surface area contributed by atoms with Crippen molar-refractivity contribution in [1.29, 1.82) is 0 Å². The minimum Gasteiger partial charge on any atom is -0.481 e. The highest BCUT2D eigenvalue weighted by atomic mass is 16.4. The zero-order valence-electron chi connectivity index (χ0n) is 27.9. The summed E-state index contributed by atoms with van der Waals surface area (Å²) in [6.45, 7) is 17.5. The molecule has 0 aromatic heterocycles. The summed E-state index contributed by atoms with van der Waals surface area (Å²) < 4.78 is 0. The molecule has 4 heteroatoms. The largest absolute Gasteiger partial charge is 0.481 e. The van der Waals surface area contributed by atoms with Crippen LogP contribution in [0.1, 0.15) is 130 Å². The average Bonchev–Trinajstić information content (AvgIpc) is 3.33. The van der Waals surface area contributed by atoms with Crippen molar-refractivity contribution in [3.8, 4) is 0 Å². The second-order valence-electron chi connectivity index (χ2n) is 17.9. The molecule has 8 rings (SSSR count). The van der Waals surface area contributed by atoms with Gasteiger partial charge in [-0.3, -0.25) is 9.59 Å². The summed E-state index contributed by atoms with van der Waals surface area (Å²) in [5.74, 6) is 0.827. The van der Waals surface area contributed by atoms with Crippen LogP contribution < -0.4 is 0 Å². The second-order valence-corrected chi connectivity index (χ2v) is 17.9. The molecular formula is C40H56O4. The van der Waals surface area contributed by atoms with Gasteiger partial charge in [-0.05, 0) is 149 Å². The molecule has 240 valence electrons. The number of allylic oxidation sites excluding steroid dienone is 6. The molecule has 4 nitrogen and oxygen atoms in total. The monoisotopic (exact) mass is 600 g/mol. The highest BCUT2D eigenvalue weighted by molar-refractivity contribution is 5.76. The molecule has 6 fully saturated rings. The summed E-state index contributed by atoms with van der Waals surface area (Å²) in [6, 6.07) is 0. The third-order valence-corrected chi connectivity index (χ3v) is 15.8. The standard InChI is InChI=1S/2C20H28O2/c2*1-13-11-20-10-7-15-18(2,16(20)6-5-14(13)12-20)8-4-9-19(15,3)17(21)22/h2*6,14-15H,1,4-5,7-12H2,2-3H3,(H,21,22)/t2*14-,15+,18-,19-,20-/m11/s1. The van der Waals surface area contributed by atoms with E-state index in [2.05, 4.69) is 39.2 Å². The van der Waals surface area contributed by atoms with Gasteiger partial charge in [0.1, 0.15) is 0 Å². The van der Waals surface area contributed by atoms with Crippen LogP contribution in [-0.2, 0) is 9.59 Å². The maximum absolute atomic E-state index is 12.0. The van der Waals surface area contributed by atoms with Crippen molar-refractivity contribution in [3.63, 3.8) is 0 Å². The molecule has 0 amide bonds. The van der Waals surface area contributed by atoms with Crippen LogP contribution in [0.5, 0.6) is 0 Å². The van der Waals surface area contributed by atoms with Crippen LogP contribution in [0.3, 0.4) is 0 Å². The molecule has 8 aliphatic carbocycles. The summed E-state index contributed by atoms with van der Waals surface area (Å²) in [5.41, 5.74) is 5.93. The predicted molar refractivity (Wildman–Crippen MR) is 175 cm³/mol. The van der Waals surface area contributed by atoms with Crippen molar-refractivity contribution in [1.82, 2.24) is 0 Å². The van der Waals surface area contributed by atoms with Crippen molar-refractivity contribution in [3.05, 3.63) is 47.6 Å². The molecule has 2 spiro atoms. The Bertz CT molecular complexity index is 1280. The molecule has 0 aromatic rings. The number of fused-ring (bicyclic) bond motifs is 6. The molecule has 0 unspecified atom stereocenters. The topological polar surface area (TPSA) is 74.6 Å². The number of hydrogen-bond acceptors (Lipinski definition) is 2. The number of aliphatic carboxylic acids is 2. The van der Waals surface area contributed by atoms with E-state index in [1.165, 1.54) is 49.7 Å². The zero-order valence-corrected chi connectivity index (χ0v) is 27.9. The van der Waals surface area contributed by atoms with Gasteiger partial charge in [0.2, 0.25) is 0 Å². The van der Waals surface area contributed by atoms with E-state index in [4.69, 9.17) is 0 Å². The van der Waals surface area contributed by atoms with Crippen molar-refractivity contribution >= 4 is 11.9 Å². The van der Waals surface area contributed by atoms with E-state index in [0.29, 0.717) is 34.5 Å². The summed E-state index contributed by atoms with van der Waals surface area (Å²) in [5, 5.41) is 19.8. The van der Waals surface area contributed by atoms with Gasteiger partial charge in [0, 0.05) is 0 Å². The van der Waals surface area contributed by atoms with E-state index in [1.807, 2.05) is 13.8 Å². The Hall–Kier alpha value is -2.10. The van der Waals surface area contributed by atoms with Crippen molar-refractivity contribution in [2.45, 2.75) is 130 Å². The van der Waals surface area contributed by atoms with Gasteiger partial charge in [-0.2, -0.15) is 0 Å². The Labute approximate surface area is 265 Å². The number of carboxylic acids is 2. The second kappa shape index (κ2) is 9.71. The number of carbonyl (C=O) groups is 2. The molecule has 4 bridgehead atoms. The molecule has 6 saturated carbocycles. The fourth-order valence-corrected chi connectivity index (χ4v) is 13.7. The number of rotatable bonds is 2. The quantitative estimate of drug-likeness (QED) is 0.309. The molecule has 8 aliphatic rings. The number of carboxylic acid groups (broad SMARTS) is 2. The van der Waals surface area contributed by atoms with Crippen LogP contribution in [0.15, 0.2) is 47.6 Å². The number of hydrogen-bond donors (Lipinski definition) is 2. The van der Waals surface area contributed by atoms with Crippen LogP contribution in [0.25, 0.3) is 0 Å². The lowest BCUT2D eigenvalue weighted by molar-refractivity contribution is -0.162. The van der Waals surface area contributed by atoms with Crippen LogP contribution >= 0.6 is 0 Å². The van der Waals surface area contributed by atoms with Crippen LogP contribution in [0, 0.1) is 56.2 Å². The first kappa shape index (κ1) is 30.5. The summed E-state index contributed by atoms with van der Waals surface area (Å²) in [4.78, 5) is 24.0. The van der Waals surface area contributed by atoms with Crippen LogP contribution in [-0.4, -0.2) is 22.2 Å². The first-order chi connectivity index (χ1) is 20.6. The molecule has 0 radical (unpaired) electrons. The van der Waals surface area contributed by atoms with Gasteiger partial charge in [0.15, 0.2) is 0 Å². The van der Waals surface area contributed by atoms with Gasteiger partial charge < -0.3 is 10.2 Å². The molecule has 10 atom stereocenters. The minimum atomic E-state index is -0.579. The maximum atomic E-state index is 12.0. The third kappa shape index (κ3) is 3.93. The maximum Gasteiger partial charge on any atom is 0.309 e. The van der Waals surface area contributed by atoms with Gasteiger partial charge >= 0.3 is 11.9 Å². The van der Waals surface area contributed by atoms with Crippen molar-refractivity contribution < 1.29 is 19.8 Å². The highest BCUT2D eigenvalue weighted by Crippen LogP contribution is 2.72. The SMILES string of the molecule is C=C1C[C@@]23CC[C@@H]4[C@](C)(C(=O)O)CCC[C@@]4(C)C2=CC[C@@H]1C3.C=C1C[C@@]23CC[C@@H]4[C@](C)(C(=O)O)CCC[C@@]4(C)C2=CC[C@@H]1C3. The Morgan fingerprint density at radius 2 is 1.05 bits per heavy atom. The van der Waals surface area contributed by atoms with Gasteiger partial charge in [-0.1, -0.05) is 74.3 Å². The fourth-order valence-electron chi connectivity index (χ4n) is 13.7. The van der Waals surface area contributed by atoms with Crippen LogP contribution in [0.2, 0.25) is 0 Å². The lowest BCUT2D eigenvalue weighted by Gasteiger charge is -2.60. The average molecular weight is 601 g/mol. The van der Waals surface area contributed by atoms with Gasteiger partial charge in [0.05, 0.1) is 10.8 Å². The van der Waals surface area contributed by atoms with E-state index in [0.717, 1.165) is 64.2 Å². The lowest BCUT2D eigenvalue weighted by atomic mass is 9.44. The normalized spacial score (nSPS) is 50.1. The highest BCUT2D eigenvalue weighted by Gasteiger charge is 2.64. The fraction of sp³-hybridized carbons (Fsp3) is 0.750. The molecule has 0 heterocycles. The Kier molecular flexibility index (Phi) is 6.74. The minimum absolute atomic E-state index is 0.0965. The Morgan fingerprint density at radius 1 is 0.659 bits per heavy atom.